The van der Waals surface area contributed by atoms with Crippen LogP contribution < -0.4 is 0 Å². The molecule has 0 saturated carbocycles. The van der Waals surface area contributed by atoms with Crippen LogP contribution in [0.3, 0.4) is 0 Å². The second-order valence-corrected chi connectivity index (χ2v) is 1.86. The lowest BCUT2D eigenvalue weighted by atomic mass is 10.2. The predicted molar refractivity (Wildman–Crippen MR) is 35.6 cm³/mol. The van der Waals surface area contributed by atoms with Gasteiger partial charge in [0, 0.05) is 0 Å². The fraction of sp³-hybridized carbons (Fsp3) is 0.429. The first kappa shape index (κ1) is 7.44. The van der Waals surface area contributed by atoms with E-state index >= 15 is 0 Å². The Bertz CT molecular complexity index is 101. The molecular weight excluding hydrogens is 100 g/mol. The van der Waals surface area contributed by atoms with Crippen molar-refractivity contribution in [3.05, 3.63) is 24.3 Å². The molecule has 0 bridgehead atoms. The lowest BCUT2D eigenvalue weighted by Gasteiger charge is -1.94. The summed E-state index contributed by atoms with van der Waals surface area (Å²) in [5.74, 6) is 0. The molecular formula is C7H12O. The first-order valence-corrected chi connectivity index (χ1v) is 2.65. The van der Waals surface area contributed by atoms with Crippen molar-refractivity contribution in [2.75, 3.05) is 0 Å². The molecule has 0 rings (SSSR count). The molecule has 0 aliphatic rings. The van der Waals surface area contributed by atoms with Crippen LogP contribution in [0.25, 0.3) is 0 Å². The van der Waals surface area contributed by atoms with E-state index in [0.29, 0.717) is 0 Å². The minimum absolute atomic E-state index is 0.354. The molecule has 46 valence electrons. The summed E-state index contributed by atoms with van der Waals surface area (Å²) in [6, 6.07) is 0. The van der Waals surface area contributed by atoms with Gasteiger partial charge >= 0.3 is 0 Å². The Morgan fingerprint density at radius 2 is 2.25 bits per heavy atom. The van der Waals surface area contributed by atoms with E-state index in [2.05, 4.69) is 6.58 Å². The summed E-state index contributed by atoms with van der Waals surface area (Å²) < 4.78 is 0. The fourth-order valence-electron chi connectivity index (χ4n) is 0.449. The average Bonchev–Trinajstić information content (AvgIpc) is 1.65. The van der Waals surface area contributed by atoms with Crippen molar-refractivity contribution in [2.45, 2.75) is 20.0 Å². The van der Waals surface area contributed by atoms with Crippen molar-refractivity contribution in [3.63, 3.8) is 0 Å². The topological polar surface area (TPSA) is 20.2 Å². The molecule has 1 nitrogen and oxygen atoms in total. The van der Waals surface area contributed by atoms with Crippen LogP contribution in [0.1, 0.15) is 13.8 Å². The van der Waals surface area contributed by atoms with Crippen LogP contribution in [0, 0.1) is 0 Å². The van der Waals surface area contributed by atoms with Crippen LogP contribution in [0.15, 0.2) is 24.3 Å². The molecule has 0 aromatic heterocycles. The zero-order chi connectivity index (χ0) is 6.57. The van der Waals surface area contributed by atoms with Gasteiger partial charge < -0.3 is 5.11 Å². The molecule has 8 heavy (non-hydrogen) atoms. The molecule has 0 aliphatic heterocycles. The Morgan fingerprint density at radius 1 is 1.75 bits per heavy atom. The number of rotatable bonds is 2. The van der Waals surface area contributed by atoms with Crippen LogP contribution in [-0.2, 0) is 0 Å². The summed E-state index contributed by atoms with van der Waals surface area (Å²) in [6.45, 7) is 7.15. The molecule has 0 heterocycles. The maximum absolute atomic E-state index is 8.73. The third kappa shape index (κ3) is 3.62. The SMILES string of the molecule is C=CC(C)=CC(C)O. The van der Waals surface area contributed by atoms with Crippen LogP contribution in [0.5, 0.6) is 0 Å². The Labute approximate surface area is 50.3 Å². The Balaban J connectivity index is 3.74. The van der Waals surface area contributed by atoms with E-state index in [1.807, 2.05) is 6.92 Å². The summed E-state index contributed by atoms with van der Waals surface area (Å²) in [5, 5.41) is 8.73. The second kappa shape index (κ2) is 3.44. The molecule has 1 atom stereocenters. The summed E-state index contributed by atoms with van der Waals surface area (Å²) in [4.78, 5) is 0. The smallest absolute Gasteiger partial charge is 0.0698 e. The molecule has 0 aromatic carbocycles. The molecule has 0 radical (unpaired) electrons. The molecule has 0 spiro atoms. The Hall–Kier alpha value is -0.560. The average molecular weight is 112 g/mol. The lowest BCUT2D eigenvalue weighted by molar-refractivity contribution is 0.243. The second-order valence-electron chi connectivity index (χ2n) is 1.86. The highest BCUT2D eigenvalue weighted by Gasteiger charge is 1.85. The largest absolute Gasteiger partial charge is 0.389 e. The van der Waals surface area contributed by atoms with E-state index in [1.54, 1.807) is 19.1 Å². The standard InChI is InChI=1S/C7H12O/c1-4-6(2)5-7(3)8/h4-5,7-8H,1H2,2-3H3. The van der Waals surface area contributed by atoms with Crippen molar-refractivity contribution in [2.24, 2.45) is 0 Å². The van der Waals surface area contributed by atoms with Crippen molar-refractivity contribution < 1.29 is 5.11 Å². The lowest BCUT2D eigenvalue weighted by Crippen LogP contribution is -1.92. The van der Waals surface area contributed by atoms with Gasteiger partial charge in [-0.15, -0.1) is 0 Å². The number of aliphatic hydroxyl groups is 1. The summed E-state index contributed by atoms with van der Waals surface area (Å²) in [7, 11) is 0. The van der Waals surface area contributed by atoms with Crippen LogP contribution >= 0.6 is 0 Å². The first-order valence-electron chi connectivity index (χ1n) is 2.65. The molecule has 1 N–H and O–H groups in total. The summed E-state index contributed by atoms with van der Waals surface area (Å²) in [6.07, 6.45) is 3.10. The number of hydrogen-bond acceptors (Lipinski definition) is 1. The van der Waals surface area contributed by atoms with E-state index in [0.717, 1.165) is 5.57 Å². The molecule has 0 aromatic rings. The zero-order valence-electron chi connectivity index (χ0n) is 5.39. The van der Waals surface area contributed by atoms with E-state index in [-0.39, 0.29) is 6.10 Å². The third-order valence-electron chi connectivity index (χ3n) is 0.826. The summed E-state index contributed by atoms with van der Waals surface area (Å²) in [5.41, 5.74) is 1.01. The Kier molecular flexibility index (Phi) is 3.20. The van der Waals surface area contributed by atoms with Crippen molar-refractivity contribution in [3.8, 4) is 0 Å². The quantitative estimate of drug-likeness (QED) is 0.537. The van der Waals surface area contributed by atoms with Gasteiger partial charge in [-0.2, -0.15) is 0 Å². The number of hydrogen-bond donors (Lipinski definition) is 1. The monoisotopic (exact) mass is 112 g/mol. The third-order valence-corrected chi connectivity index (χ3v) is 0.826. The van der Waals surface area contributed by atoms with Crippen LogP contribution in [-0.4, -0.2) is 11.2 Å². The molecule has 1 heteroatoms. The minimum Gasteiger partial charge on any atom is -0.389 e. The van der Waals surface area contributed by atoms with Gasteiger partial charge in [0.15, 0.2) is 0 Å². The first-order chi connectivity index (χ1) is 3.66. The Morgan fingerprint density at radius 3 is 2.38 bits per heavy atom. The van der Waals surface area contributed by atoms with Crippen molar-refractivity contribution in [1.29, 1.82) is 0 Å². The van der Waals surface area contributed by atoms with Gasteiger partial charge in [0.05, 0.1) is 6.10 Å². The van der Waals surface area contributed by atoms with Gasteiger partial charge in [-0.05, 0) is 13.8 Å². The van der Waals surface area contributed by atoms with Crippen molar-refractivity contribution >= 4 is 0 Å². The van der Waals surface area contributed by atoms with Gasteiger partial charge in [-0.1, -0.05) is 24.3 Å². The maximum Gasteiger partial charge on any atom is 0.0698 e. The van der Waals surface area contributed by atoms with Gasteiger partial charge in [0.2, 0.25) is 0 Å². The van der Waals surface area contributed by atoms with Gasteiger partial charge in [-0.3, -0.25) is 0 Å². The molecule has 0 fully saturated rings. The molecule has 1 unspecified atom stereocenters. The van der Waals surface area contributed by atoms with E-state index in [1.165, 1.54) is 0 Å². The van der Waals surface area contributed by atoms with Gasteiger partial charge in [-0.25, -0.2) is 0 Å². The van der Waals surface area contributed by atoms with Gasteiger partial charge in [0.1, 0.15) is 0 Å². The van der Waals surface area contributed by atoms with Crippen molar-refractivity contribution in [1.82, 2.24) is 0 Å². The molecule has 0 saturated heterocycles. The zero-order valence-corrected chi connectivity index (χ0v) is 5.39. The molecule has 0 aliphatic carbocycles. The predicted octanol–water partition coefficient (Wildman–Crippen LogP) is 1.50. The van der Waals surface area contributed by atoms with Crippen LogP contribution in [0.4, 0.5) is 0 Å². The highest BCUT2D eigenvalue weighted by atomic mass is 16.3. The van der Waals surface area contributed by atoms with E-state index in [4.69, 9.17) is 5.11 Å². The number of aliphatic hydroxyl groups excluding tert-OH is 1. The fourth-order valence-corrected chi connectivity index (χ4v) is 0.449. The molecule has 0 amide bonds. The van der Waals surface area contributed by atoms with Crippen LogP contribution in [0.2, 0.25) is 0 Å². The number of allylic oxidation sites excluding steroid dienone is 2. The highest BCUT2D eigenvalue weighted by molar-refractivity contribution is 5.13. The maximum atomic E-state index is 8.73. The highest BCUT2D eigenvalue weighted by Crippen LogP contribution is 1.94. The van der Waals surface area contributed by atoms with E-state index in [9.17, 15) is 0 Å². The minimum atomic E-state index is -0.354. The summed E-state index contributed by atoms with van der Waals surface area (Å²) >= 11 is 0. The van der Waals surface area contributed by atoms with E-state index < -0.39 is 0 Å². The normalized spacial score (nSPS) is 15.6. The van der Waals surface area contributed by atoms with Gasteiger partial charge in [0.25, 0.3) is 0 Å².